The van der Waals surface area contributed by atoms with E-state index in [1.54, 1.807) is 13.0 Å². The second-order valence-electron chi connectivity index (χ2n) is 5.55. The van der Waals surface area contributed by atoms with Crippen LogP contribution in [0, 0.1) is 12.3 Å². The molecular weight excluding hydrogens is 270 g/mol. The number of aryl methyl sites for hydroxylation is 1. The summed E-state index contributed by atoms with van der Waals surface area (Å²) in [6.07, 6.45) is 3.12. The molecule has 1 amide bonds. The van der Waals surface area contributed by atoms with Crippen LogP contribution < -0.4 is 5.32 Å². The zero-order valence-electron chi connectivity index (χ0n) is 12.1. The Morgan fingerprint density at radius 3 is 2.90 bits per heavy atom. The van der Waals surface area contributed by atoms with Crippen molar-refractivity contribution in [3.8, 4) is 0 Å². The van der Waals surface area contributed by atoms with E-state index in [4.69, 9.17) is 4.74 Å². The van der Waals surface area contributed by atoms with E-state index < -0.39 is 17.4 Å². The minimum atomic E-state index is -1.08. The number of carbonyl (C=O) groups is 2. The Labute approximate surface area is 123 Å². The van der Waals surface area contributed by atoms with Gasteiger partial charge in [0.25, 0.3) is 0 Å². The molecule has 0 saturated carbocycles. The molecule has 5 nitrogen and oxygen atoms in total. The first-order valence-electron chi connectivity index (χ1n) is 6.78. The number of carboxylic acids is 1. The second-order valence-corrected chi connectivity index (χ2v) is 5.55. The van der Waals surface area contributed by atoms with Gasteiger partial charge in [-0.2, -0.15) is 0 Å². The molecule has 2 unspecified atom stereocenters. The van der Waals surface area contributed by atoms with Crippen molar-refractivity contribution in [2.75, 3.05) is 13.2 Å². The summed E-state index contributed by atoms with van der Waals surface area (Å²) < 4.78 is 5.19. The van der Waals surface area contributed by atoms with Crippen molar-refractivity contribution < 1.29 is 19.4 Å². The lowest BCUT2D eigenvalue weighted by atomic mass is 9.85. The average molecular weight is 289 g/mol. The molecular formula is C16H19NO4. The molecule has 21 heavy (non-hydrogen) atoms. The summed E-state index contributed by atoms with van der Waals surface area (Å²) >= 11 is 0. The molecule has 1 aromatic rings. The van der Waals surface area contributed by atoms with Gasteiger partial charge in [-0.3, -0.25) is 9.59 Å². The van der Waals surface area contributed by atoms with E-state index in [2.05, 4.69) is 5.32 Å². The van der Waals surface area contributed by atoms with Gasteiger partial charge in [-0.05, 0) is 25.5 Å². The summed E-state index contributed by atoms with van der Waals surface area (Å²) in [5.74, 6) is -1.28. The molecule has 2 atom stereocenters. The first-order chi connectivity index (χ1) is 9.91. The van der Waals surface area contributed by atoms with Gasteiger partial charge >= 0.3 is 5.97 Å². The van der Waals surface area contributed by atoms with Crippen LogP contribution in [-0.4, -0.2) is 36.2 Å². The molecule has 0 bridgehead atoms. The summed E-state index contributed by atoms with van der Waals surface area (Å²) in [5, 5.41) is 11.9. The normalized spacial score (nSPS) is 25.1. The van der Waals surface area contributed by atoms with E-state index in [-0.39, 0.29) is 19.1 Å². The molecule has 1 aliphatic heterocycles. The lowest BCUT2D eigenvalue weighted by Gasteiger charge is -2.24. The standard InChI is InChI=1S/C16H19NO4/c1-11-4-3-5-12(8-11)6-7-14(18)17-13-9-21-10-16(13,2)15(19)20/h3-8,13H,9-10H2,1-2H3,(H,17,18)(H,19,20). The van der Waals surface area contributed by atoms with Crippen molar-refractivity contribution >= 4 is 18.0 Å². The molecule has 0 spiro atoms. The molecule has 2 rings (SSSR count). The van der Waals surface area contributed by atoms with Crippen LogP contribution in [0.25, 0.3) is 6.08 Å². The molecule has 1 aromatic carbocycles. The van der Waals surface area contributed by atoms with E-state index in [0.29, 0.717) is 0 Å². The SMILES string of the molecule is Cc1cccc(C=CC(=O)NC2COCC2(C)C(=O)O)c1. The third kappa shape index (κ3) is 3.49. The van der Waals surface area contributed by atoms with E-state index in [0.717, 1.165) is 11.1 Å². The highest BCUT2D eigenvalue weighted by Gasteiger charge is 2.47. The Hall–Kier alpha value is -2.14. The van der Waals surface area contributed by atoms with Crippen molar-refractivity contribution in [2.24, 2.45) is 5.41 Å². The molecule has 0 radical (unpaired) electrons. The van der Waals surface area contributed by atoms with Gasteiger partial charge in [0, 0.05) is 6.08 Å². The predicted molar refractivity (Wildman–Crippen MR) is 78.7 cm³/mol. The van der Waals surface area contributed by atoms with Gasteiger partial charge < -0.3 is 15.2 Å². The number of hydrogen-bond acceptors (Lipinski definition) is 3. The van der Waals surface area contributed by atoms with Crippen LogP contribution in [0.1, 0.15) is 18.1 Å². The van der Waals surface area contributed by atoms with Crippen LogP contribution in [0.15, 0.2) is 30.3 Å². The highest BCUT2D eigenvalue weighted by atomic mass is 16.5. The van der Waals surface area contributed by atoms with Crippen LogP contribution in [0.2, 0.25) is 0 Å². The molecule has 1 heterocycles. The molecule has 2 N–H and O–H groups in total. The molecule has 0 aliphatic carbocycles. The van der Waals surface area contributed by atoms with Crippen LogP contribution in [0.5, 0.6) is 0 Å². The number of aliphatic carboxylic acids is 1. The van der Waals surface area contributed by atoms with Gasteiger partial charge in [0.1, 0.15) is 5.41 Å². The molecule has 112 valence electrons. The molecule has 0 aromatic heterocycles. The van der Waals surface area contributed by atoms with E-state index in [9.17, 15) is 14.7 Å². The van der Waals surface area contributed by atoms with Crippen molar-refractivity contribution in [2.45, 2.75) is 19.9 Å². The monoisotopic (exact) mass is 289 g/mol. The van der Waals surface area contributed by atoms with Gasteiger partial charge in [-0.15, -0.1) is 0 Å². The van der Waals surface area contributed by atoms with Crippen LogP contribution in [0.4, 0.5) is 0 Å². The summed E-state index contributed by atoms with van der Waals surface area (Å²) in [4.78, 5) is 23.2. The largest absolute Gasteiger partial charge is 0.481 e. The first kappa shape index (κ1) is 15.3. The fraction of sp³-hybridized carbons (Fsp3) is 0.375. The number of ether oxygens (including phenoxy) is 1. The second kappa shape index (κ2) is 6.10. The molecule has 1 aliphatic rings. The first-order valence-corrected chi connectivity index (χ1v) is 6.78. The number of hydrogen-bond donors (Lipinski definition) is 2. The molecule has 1 saturated heterocycles. The van der Waals surface area contributed by atoms with Crippen LogP contribution in [-0.2, 0) is 14.3 Å². The summed E-state index contributed by atoms with van der Waals surface area (Å²) in [6.45, 7) is 3.88. The minimum absolute atomic E-state index is 0.106. The fourth-order valence-electron chi connectivity index (χ4n) is 2.25. The number of benzene rings is 1. The van der Waals surface area contributed by atoms with Crippen molar-refractivity contribution in [3.63, 3.8) is 0 Å². The van der Waals surface area contributed by atoms with E-state index in [1.807, 2.05) is 31.2 Å². The lowest BCUT2D eigenvalue weighted by molar-refractivity contribution is -0.148. The van der Waals surface area contributed by atoms with Crippen molar-refractivity contribution in [1.29, 1.82) is 0 Å². The van der Waals surface area contributed by atoms with Gasteiger partial charge in [0.05, 0.1) is 19.3 Å². The fourth-order valence-corrected chi connectivity index (χ4v) is 2.25. The lowest BCUT2D eigenvalue weighted by Crippen LogP contribution is -2.49. The quantitative estimate of drug-likeness (QED) is 0.826. The van der Waals surface area contributed by atoms with Gasteiger partial charge in [0.2, 0.25) is 5.91 Å². The number of carbonyl (C=O) groups excluding carboxylic acids is 1. The Morgan fingerprint density at radius 1 is 1.48 bits per heavy atom. The van der Waals surface area contributed by atoms with Gasteiger partial charge in [-0.25, -0.2) is 0 Å². The van der Waals surface area contributed by atoms with Crippen molar-refractivity contribution in [3.05, 3.63) is 41.5 Å². The summed E-state index contributed by atoms with van der Waals surface area (Å²) in [7, 11) is 0. The molecule has 1 fully saturated rings. The Kier molecular flexibility index (Phi) is 4.43. The average Bonchev–Trinajstić information content (AvgIpc) is 2.79. The minimum Gasteiger partial charge on any atom is -0.481 e. The Morgan fingerprint density at radius 2 is 2.24 bits per heavy atom. The zero-order chi connectivity index (χ0) is 15.5. The third-order valence-corrected chi connectivity index (χ3v) is 3.73. The topological polar surface area (TPSA) is 75.6 Å². The maximum absolute atomic E-state index is 11.9. The smallest absolute Gasteiger partial charge is 0.313 e. The van der Waals surface area contributed by atoms with Crippen LogP contribution >= 0.6 is 0 Å². The van der Waals surface area contributed by atoms with Gasteiger partial charge in [0.15, 0.2) is 0 Å². The predicted octanol–water partition coefficient (Wildman–Crippen LogP) is 1.61. The maximum atomic E-state index is 11.9. The van der Waals surface area contributed by atoms with E-state index >= 15 is 0 Å². The maximum Gasteiger partial charge on any atom is 0.313 e. The van der Waals surface area contributed by atoms with Crippen molar-refractivity contribution in [1.82, 2.24) is 5.32 Å². The summed E-state index contributed by atoms with van der Waals surface area (Å²) in [6, 6.07) is 7.23. The molecule has 5 heteroatoms. The Balaban J connectivity index is 2.00. The van der Waals surface area contributed by atoms with E-state index in [1.165, 1.54) is 6.08 Å². The zero-order valence-corrected chi connectivity index (χ0v) is 12.1. The number of nitrogens with one attached hydrogen (secondary N) is 1. The number of rotatable bonds is 4. The Bertz CT molecular complexity index is 581. The summed E-state index contributed by atoms with van der Waals surface area (Å²) in [5.41, 5.74) is 0.960. The van der Waals surface area contributed by atoms with Gasteiger partial charge in [-0.1, -0.05) is 29.8 Å². The highest BCUT2D eigenvalue weighted by molar-refractivity contribution is 5.92. The third-order valence-electron chi connectivity index (χ3n) is 3.73. The van der Waals surface area contributed by atoms with Crippen LogP contribution in [0.3, 0.4) is 0 Å². The number of amides is 1. The highest BCUT2D eigenvalue weighted by Crippen LogP contribution is 2.28. The number of carboxylic acid groups (broad SMARTS) is 1.